The zero-order valence-electron chi connectivity index (χ0n) is 22.4. The Hall–Kier alpha value is -3.61. The summed E-state index contributed by atoms with van der Waals surface area (Å²) in [5.74, 6) is -5.01. The first-order valence-electron chi connectivity index (χ1n) is 12.9. The van der Waals surface area contributed by atoms with Gasteiger partial charge in [0, 0.05) is 44.7 Å². The van der Waals surface area contributed by atoms with Gasteiger partial charge in [0.15, 0.2) is 11.6 Å². The van der Waals surface area contributed by atoms with E-state index in [9.17, 15) is 32.3 Å². The lowest BCUT2D eigenvalue weighted by molar-refractivity contribution is -0.131. The molecule has 2 aromatic rings. The van der Waals surface area contributed by atoms with Crippen molar-refractivity contribution in [1.82, 2.24) is 14.8 Å². The number of carbonyl (C=O) groups is 4. The molecule has 1 N–H and O–H groups in total. The molecule has 2 saturated heterocycles. The summed E-state index contributed by atoms with van der Waals surface area (Å²) in [7, 11) is 0. The fourth-order valence-electron chi connectivity index (χ4n) is 4.77. The summed E-state index contributed by atoms with van der Waals surface area (Å²) in [6.45, 7) is 3.69. The summed E-state index contributed by atoms with van der Waals surface area (Å²) in [5.41, 5.74) is -1.77. The Morgan fingerprint density at radius 2 is 1.85 bits per heavy atom. The minimum atomic E-state index is -1.50. The van der Waals surface area contributed by atoms with E-state index in [0.29, 0.717) is 47.8 Å². The monoisotopic (exact) mass is 577 g/mol. The Balaban J connectivity index is 1.48. The highest BCUT2D eigenvalue weighted by Gasteiger charge is 2.52. The number of benzene rings is 1. The maximum absolute atomic E-state index is 14.8. The van der Waals surface area contributed by atoms with E-state index in [1.54, 1.807) is 11.0 Å². The second kappa shape index (κ2) is 11.9. The molecule has 0 saturated carbocycles. The average Bonchev–Trinajstić information content (AvgIpc) is 3.04. The van der Waals surface area contributed by atoms with Gasteiger partial charge in [-0.3, -0.25) is 14.4 Å². The number of halogens is 3. The summed E-state index contributed by atoms with van der Waals surface area (Å²) < 4.78 is 43.7. The van der Waals surface area contributed by atoms with Gasteiger partial charge in [0.1, 0.15) is 17.2 Å². The van der Waals surface area contributed by atoms with Gasteiger partial charge in [0.25, 0.3) is 5.91 Å². The number of urea groups is 1. The van der Waals surface area contributed by atoms with Crippen LogP contribution in [-0.4, -0.2) is 63.4 Å². The van der Waals surface area contributed by atoms with Crippen LogP contribution in [0.3, 0.4) is 0 Å². The number of rotatable bonds is 8. The predicted molar refractivity (Wildman–Crippen MR) is 143 cm³/mol. The number of amides is 5. The largest absolute Gasteiger partial charge is 0.342 e. The van der Waals surface area contributed by atoms with Crippen LogP contribution < -0.4 is 10.2 Å². The first-order valence-corrected chi connectivity index (χ1v) is 14.1. The molecule has 0 atom stereocenters. The van der Waals surface area contributed by atoms with Gasteiger partial charge in [-0.15, -0.1) is 11.8 Å². The molecule has 1 aromatic heterocycles. The molecular weight excluding hydrogens is 547 g/mol. The summed E-state index contributed by atoms with van der Waals surface area (Å²) in [6.07, 6.45) is 6.11. The third kappa shape index (κ3) is 5.79. The molecule has 0 unspecified atom stereocenters. The minimum Gasteiger partial charge on any atom is -0.342 e. The molecule has 1 aromatic carbocycles. The molecular formula is C27H30F3N5O4S. The second-order valence-electron chi connectivity index (χ2n) is 10.1. The quantitative estimate of drug-likeness (QED) is 0.277. The SMILES string of the molecule is CSc1c(F)cc(N2C(=O)N(Cc3ccnc(NC(=O)CCN4CCCCCC4=O)c3)C(C)(C)C2=O)c(F)c1F. The van der Waals surface area contributed by atoms with E-state index in [1.807, 2.05) is 0 Å². The second-order valence-corrected chi connectivity index (χ2v) is 11.0. The Kier molecular flexibility index (Phi) is 8.71. The average molecular weight is 578 g/mol. The molecule has 214 valence electrons. The molecule has 5 amide bonds. The summed E-state index contributed by atoms with van der Waals surface area (Å²) in [4.78, 5) is 58.0. The molecule has 0 bridgehead atoms. The van der Waals surface area contributed by atoms with Crippen molar-refractivity contribution in [2.45, 2.75) is 62.9 Å². The number of carbonyl (C=O) groups excluding carboxylic acids is 4. The standard InChI is InChI=1S/C27H30F3N5O4S/c1-27(2)25(38)35(18-14-17(28)24(40-3)23(30)22(18)29)26(39)34(27)15-16-8-10-31-19(13-16)32-20(36)9-12-33-11-6-4-5-7-21(33)37/h8,10,13-14H,4-7,9,11-12,15H2,1-3H3,(H,31,32,36). The number of imide groups is 1. The number of hydrogen-bond donors (Lipinski definition) is 1. The van der Waals surface area contributed by atoms with Crippen LogP contribution in [0.4, 0.5) is 29.5 Å². The van der Waals surface area contributed by atoms with Crippen LogP contribution in [0.1, 0.15) is 51.5 Å². The third-order valence-corrected chi connectivity index (χ3v) is 7.86. The van der Waals surface area contributed by atoms with Gasteiger partial charge in [-0.05, 0) is 50.6 Å². The van der Waals surface area contributed by atoms with Crippen molar-refractivity contribution >= 4 is 47.0 Å². The lowest BCUT2D eigenvalue weighted by Crippen LogP contribution is -2.43. The molecule has 2 aliphatic rings. The van der Waals surface area contributed by atoms with Crippen LogP contribution in [0.25, 0.3) is 0 Å². The topological polar surface area (TPSA) is 103 Å². The van der Waals surface area contributed by atoms with Crippen LogP contribution in [0.2, 0.25) is 0 Å². The lowest BCUT2D eigenvalue weighted by atomic mass is 10.0. The van der Waals surface area contributed by atoms with Gasteiger partial charge in [-0.1, -0.05) is 6.42 Å². The van der Waals surface area contributed by atoms with E-state index in [-0.39, 0.29) is 30.6 Å². The van der Waals surface area contributed by atoms with Gasteiger partial charge in [-0.2, -0.15) is 0 Å². The van der Waals surface area contributed by atoms with Crippen LogP contribution in [-0.2, 0) is 20.9 Å². The van der Waals surface area contributed by atoms with Crippen molar-refractivity contribution in [3.8, 4) is 0 Å². The molecule has 0 spiro atoms. The number of thioether (sulfide) groups is 1. The molecule has 9 nitrogen and oxygen atoms in total. The van der Waals surface area contributed by atoms with Gasteiger partial charge in [0.05, 0.1) is 10.6 Å². The van der Waals surface area contributed by atoms with Gasteiger partial charge >= 0.3 is 6.03 Å². The molecule has 2 fully saturated rings. The highest BCUT2D eigenvalue weighted by atomic mass is 32.2. The fourth-order valence-corrected chi connectivity index (χ4v) is 5.29. The van der Waals surface area contributed by atoms with Crippen molar-refractivity contribution in [3.63, 3.8) is 0 Å². The van der Waals surface area contributed by atoms with Crippen LogP contribution in [0.15, 0.2) is 29.3 Å². The van der Waals surface area contributed by atoms with Gasteiger partial charge in [0.2, 0.25) is 11.8 Å². The zero-order valence-corrected chi connectivity index (χ0v) is 23.2. The molecule has 0 radical (unpaired) electrons. The van der Waals surface area contributed by atoms with E-state index in [4.69, 9.17) is 0 Å². The van der Waals surface area contributed by atoms with Crippen molar-refractivity contribution in [1.29, 1.82) is 0 Å². The normalized spacial score (nSPS) is 17.4. The third-order valence-electron chi connectivity index (χ3n) is 7.08. The molecule has 4 rings (SSSR count). The highest BCUT2D eigenvalue weighted by molar-refractivity contribution is 7.98. The molecule has 3 heterocycles. The number of aromatic nitrogens is 1. The summed E-state index contributed by atoms with van der Waals surface area (Å²) >= 11 is 0.666. The van der Waals surface area contributed by atoms with E-state index in [2.05, 4.69) is 10.3 Å². The summed E-state index contributed by atoms with van der Waals surface area (Å²) in [6, 6.07) is 2.79. The van der Waals surface area contributed by atoms with E-state index in [1.165, 1.54) is 32.4 Å². The Bertz CT molecular complexity index is 1360. The molecule has 13 heteroatoms. The van der Waals surface area contributed by atoms with Crippen molar-refractivity contribution in [2.24, 2.45) is 0 Å². The van der Waals surface area contributed by atoms with Crippen molar-refractivity contribution < 1.29 is 32.3 Å². The number of hydrogen-bond acceptors (Lipinski definition) is 6. The van der Waals surface area contributed by atoms with E-state index >= 15 is 0 Å². The molecule has 0 aliphatic carbocycles. The van der Waals surface area contributed by atoms with Crippen molar-refractivity contribution in [3.05, 3.63) is 47.4 Å². The predicted octanol–water partition coefficient (Wildman–Crippen LogP) is 4.70. The van der Waals surface area contributed by atoms with Crippen LogP contribution >= 0.6 is 11.8 Å². The van der Waals surface area contributed by atoms with E-state index < -0.39 is 45.5 Å². The number of nitrogens with one attached hydrogen (secondary N) is 1. The first kappa shape index (κ1) is 29.4. The number of likely N-dealkylation sites (tertiary alicyclic amines) is 1. The smallest absolute Gasteiger partial charge is 0.332 e. The Morgan fingerprint density at radius 1 is 1.10 bits per heavy atom. The number of anilines is 2. The first-order chi connectivity index (χ1) is 18.9. The summed E-state index contributed by atoms with van der Waals surface area (Å²) in [5, 5.41) is 2.68. The highest BCUT2D eigenvalue weighted by Crippen LogP contribution is 2.38. The van der Waals surface area contributed by atoms with E-state index in [0.717, 1.165) is 24.2 Å². The van der Waals surface area contributed by atoms with Crippen LogP contribution in [0.5, 0.6) is 0 Å². The van der Waals surface area contributed by atoms with Crippen LogP contribution in [0, 0.1) is 17.5 Å². The van der Waals surface area contributed by atoms with Gasteiger partial charge < -0.3 is 15.1 Å². The zero-order chi connectivity index (χ0) is 29.2. The molecule has 40 heavy (non-hydrogen) atoms. The Labute approximate surface area is 234 Å². The Morgan fingerprint density at radius 3 is 2.58 bits per heavy atom. The number of pyridine rings is 1. The van der Waals surface area contributed by atoms with Gasteiger partial charge in [-0.25, -0.2) is 27.8 Å². The maximum atomic E-state index is 14.8. The maximum Gasteiger partial charge on any atom is 0.332 e. The fraction of sp³-hybridized carbons (Fsp3) is 0.444. The molecule has 2 aliphatic heterocycles. The number of nitrogens with zero attached hydrogens (tertiary/aromatic N) is 4. The minimum absolute atomic E-state index is 0.0393. The van der Waals surface area contributed by atoms with Crippen molar-refractivity contribution in [2.75, 3.05) is 29.6 Å². The lowest BCUT2D eigenvalue weighted by Gasteiger charge is -2.27.